The van der Waals surface area contributed by atoms with E-state index >= 15 is 4.39 Å². The van der Waals surface area contributed by atoms with Crippen LogP contribution in [0.15, 0.2) is 41.5 Å². The number of benzene rings is 2. The van der Waals surface area contributed by atoms with Crippen LogP contribution >= 0.6 is 0 Å². The van der Waals surface area contributed by atoms with E-state index in [9.17, 15) is 4.79 Å². The summed E-state index contributed by atoms with van der Waals surface area (Å²) in [4.78, 5) is 20.3. The maximum atomic E-state index is 15.6. The van der Waals surface area contributed by atoms with E-state index in [1.807, 2.05) is 17.7 Å². The summed E-state index contributed by atoms with van der Waals surface area (Å²) >= 11 is 0. The molecule has 0 aliphatic carbocycles. The molecule has 6 rings (SSSR count). The fourth-order valence-corrected chi connectivity index (χ4v) is 5.43. The monoisotopic (exact) mass is 517 g/mol. The second kappa shape index (κ2) is 8.56. The Bertz CT molecular complexity index is 1760. The molecule has 198 valence electrons. The molecule has 0 atom stereocenters. The van der Waals surface area contributed by atoms with Gasteiger partial charge in [-0.15, -0.1) is 0 Å². The van der Waals surface area contributed by atoms with E-state index in [4.69, 9.17) is 9.72 Å². The van der Waals surface area contributed by atoms with Gasteiger partial charge in [-0.1, -0.05) is 20.8 Å². The molecule has 0 radical (unpaired) electrons. The summed E-state index contributed by atoms with van der Waals surface area (Å²) in [6, 6.07) is 7.45. The molecule has 0 bridgehead atoms. The van der Waals surface area contributed by atoms with Gasteiger partial charge < -0.3 is 9.64 Å². The van der Waals surface area contributed by atoms with Crippen molar-refractivity contribution in [2.24, 2.45) is 21.1 Å². The lowest BCUT2D eigenvalue weighted by molar-refractivity contribution is 0.123. The zero-order valence-electron chi connectivity index (χ0n) is 22.6. The van der Waals surface area contributed by atoms with Gasteiger partial charge in [0.2, 0.25) is 0 Å². The second-order valence-electron chi connectivity index (χ2n) is 11.1. The lowest BCUT2D eigenvalue weighted by Crippen LogP contribution is -2.36. The van der Waals surface area contributed by atoms with Crippen LogP contribution in [0, 0.1) is 5.82 Å². The third kappa shape index (κ3) is 3.74. The number of hydrogen-bond donors (Lipinski definition) is 0. The van der Waals surface area contributed by atoms with Crippen molar-refractivity contribution in [1.82, 2.24) is 28.5 Å². The molecule has 0 N–H and O–H groups in total. The topological polar surface area (TPSA) is 75.0 Å². The van der Waals surface area contributed by atoms with Gasteiger partial charge in [0.1, 0.15) is 11.6 Å². The van der Waals surface area contributed by atoms with Crippen LogP contribution < -0.4 is 10.6 Å². The van der Waals surface area contributed by atoms with Crippen LogP contribution in [0.5, 0.6) is 0 Å². The minimum Gasteiger partial charge on any atom is -0.378 e. The first-order valence-corrected chi connectivity index (χ1v) is 12.8. The molecule has 1 saturated heterocycles. The Morgan fingerprint density at radius 2 is 1.71 bits per heavy atom. The fourth-order valence-electron chi connectivity index (χ4n) is 5.43. The van der Waals surface area contributed by atoms with Gasteiger partial charge >= 0.3 is 5.69 Å². The summed E-state index contributed by atoms with van der Waals surface area (Å²) in [5, 5.41) is 4.21. The minimum absolute atomic E-state index is 0.0923. The van der Waals surface area contributed by atoms with Crippen molar-refractivity contribution >= 4 is 27.8 Å². The third-order valence-electron chi connectivity index (χ3n) is 7.37. The van der Waals surface area contributed by atoms with E-state index in [1.165, 1.54) is 0 Å². The van der Waals surface area contributed by atoms with E-state index in [1.54, 1.807) is 52.4 Å². The summed E-state index contributed by atoms with van der Waals surface area (Å²) in [5.41, 5.74) is 5.58. The summed E-state index contributed by atoms with van der Waals surface area (Å²) in [5.74, 6) is 0.470. The van der Waals surface area contributed by atoms with Crippen LogP contribution in [-0.4, -0.2) is 54.8 Å². The second-order valence-corrected chi connectivity index (χ2v) is 11.1. The van der Waals surface area contributed by atoms with Crippen LogP contribution in [0.3, 0.4) is 0 Å². The van der Waals surface area contributed by atoms with Gasteiger partial charge in [-0.2, -0.15) is 5.10 Å². The molecule has 2 aromatic carbocycles. The molecule has 4 heterocycles. The van der Waals surface area contributed by atoms with Crippen molar-refractivity contribution < 1.29 is 9.13 Å². The van der Waals surface area contributed by atoms with Gasteiger partial charge in [0.15, 0.2) is 0 Å². The zero-order valence-corrected chi connectivity index (χ0v) is 22.6. The van der Waals surface area contributed by atoms with Gasteiger partial charge in [0, 0.05) is 63.0 Å². The molecule has 0 unspecified atom stereocenters. The number of rotatable bonds is 3. The SMILES string of the molecule is Cn1cc(-c2cc3nc(C(C)(C)C)n(-c4cc(N5CCOCC5)c5c(c4)n(C)c(=O)n5C)c3cc2F)cn1. The van der Waals surface area contributed by atoms with Gasteiger partial charge in [-0.3, -0.25) is 18.4 Å². The van der Waals surface area contributed by atoms with Gasteiger partial charge in [0.25, 0.3) is 0 Å². The largest absolute Gasteiger partial charge is 0.378 e. The van der Waals surface area contributed by atoms with Crippen LogP contribution in [0.1, 0.15) is 26.6 Å². The molecule has 1 aliphatic heterocycles. The van der Waals surface area contributed by atoms with Gasteiger partial charge in [0.05, 0.1) is 52.9 Å². The van der Waals surface area contributed by atoms with E-state index in [0.717, 1.165) is 41.3 Å². The highest BCUT2D eigenvalue weighted by atomic mass is 19.1. The molecule has 10 heteroatoms. The molecular formula is C28H32FN7O2. The lowest BCUT2D eigenvalue weighted by Gasteiger charge is -2.30. The number of aromatic nitrogens is 6. The molecule has 5 aromatic rings. The van der Waals surface area contributed by atoms with Crippen LogP contribution in [0.2, 0.25) is 0 Å². The highest BCUT2D eigenvalue weighted by Gasteiger charge is 2.27. The van der Waals surface area contributed by atoms with Crippen molar-refractivity contribution in [2.75, 3.05) is 31.2 Å². The maximum absolute atomic E-state index is 15.6. The van der Waals surface area contributed by atoms with Gasteiger partial charge in [-0.25, -0.2) is 14.2 Å². The molecular weight excluding hydrogens is 485 g/mol. The van der Waals surface area contributed by atoms with Crippen molar-refractivity contribution in [1.29, 1.82) is 0 Å². The normalized spacial score (nSPS) is 14.8. The maximum Gasteiger partial charge on any atom is 0.328 e. The molecule has 0 amide bonds. The Balaban J connectivity index is 1.66. The third-order valence-corrected chi connectivity index (χ3v) is 7.37. The van der Waals surface area contributed by atoms with Crippen molar-refractivity contribution in [2.45, 2.75) is 26.2 Å². The molecule has 38 heavy (non-hydrogen) atoms. The Hall–Kier alpha value is -3.92. The van der Waals surface area contributed by atoms with Crippen molar-refractivity contribution in [3.63, 3.8) is 0 Å². The summed E-state index contributed by atoms with van der Waals surface area (Å²) in [7, 11) is 5.40. The quantitative estimate of drug-likeness (QED) is 0.363. The highest BCUT2D eigenvalue weighted by molar-refractivity contribution is 5.93. The van der Waals surface area contributed by atoms with Crippen LogP contribution in [-0.2, 0) is 31.3 Å². The highest BCUT2D eigenvalue weighted by Crippen LogP contribution is 2.37. The molecule has 0 spiro atoms. The number of fused-ring (bicyclic) bond motifs is 2. The minimum atomic E-state index is -0.339. The van der Waals surface area contributed by atoms with E-state index < -0.39 is 0 Å². The Morgan fingerprint density at radius 3 is 2.37 bits per heavy atom. The number of imidazole rings is 2. The first-order chi connectivity index (χ1) is 18.0. The number of halogens is 1. The number of anilines is 1. The average Bonchev–Trinajstić information content (AvgIpc) is 3.55. The van der Waals surface area contributed by atoms with Crippen LogP contribution in [0.4, 0.5) is 10.1 Å². The molecule has 1 aliphatic rings. The molecule has 3 aromatic heterocycles. The van der Waals surface area contributed by atoms with Crippen molar-refractivity contribution in [3.05, 3.63) is 58.8 Å². The van der Waals surface area contributed by atoms with Crippen molar-refractivity contribution in [3.8, 4) is 16.8 Å². The number of hydrogen-bond acceptors (Lipinski definition) is 5. The molecule has 9 nitrogen and oxygen atoms in total. The average molecular weight is 518 g/mol. The smallest absolute Gasteiger partial charge is 0.328 e. The Kier molecular flexibility index (Phi) is 5.50. The predicted molar refractivity (Wildman–Crippen MR) is 147 cm³/mol. The summed E-state index contributed by atoms with van der Waals surface area (Å²) < 4.78 is 28.3. The predicted octanol–water partition coefficient (Wildman–Crippen LogP) is 3.89. The first kappa shape index (κ1) is 24.4. The van der Waals surface area contributed by atoms with Gasteiger partial charge in [-0.05, 0) is 18.2 Å². The van der Waals surface area contributed by atoms with Crippen LogP contribution in [0.25, 0.3) is 38.9 Å². The van der Waals surface area contributed by atoms with E-state index in [2.05, 4.69) is 36.8 Å². The fraction of sp³-hybridized carbons (Fsp3) is 0.393. The zero-order chi connectivity index (χ0) is 26.9. The van der Waals surface area contributed by atoms with E-state index in [0.29, 0.717) is 35.4 Å². The number of morpholine rings is 1. The molecule has 1 fully saturated rings. The number of nitrogens with zero attached hydrogens (tertiary/aromatic N) is 7. The Labute approximate surface area is 219 Å². The van der Waals surface area contributed by atoms with E-state index in [-0.39, 0.29) is 16.9 Å². The molecule has 0 saturated carbocycles. The summed E-state index contributed by atoms with van der Waals surface area (Å²) in [6.07, 6.45) is 3.45. The summed E-state index contributed by atoms with van der Waals surface area (Å²) in [6.45, 7) is 8.99. The number of aryl methyl sites for hydroxylation is 3. The first-order valence-electron chi connectivity index (χ1n) is 12.8. The Morgan fingerprint density at radius 1 is 0.974 bits per heavy atom. The lowest BCUT2D eigenvalue weighted by atomic mass is 9.95. The number of ether oxygens (including phenoxy) is 1. The standard InChI is InChI=1S/C28H32FN7O2/c1-28(2,3)26-31-21-13-19(17-15-30-32(4)16-17)20(29)14-22(21)36(26)18-11-23-25(34(6)27(37)33(23)5)24(12-18)35-7-9-38-10-8-35/h11-16H,7-10H2,1-6H3.